The van der Waals surface area contributed by atoms with E-state index in [1.54, 1.807) is 6.07 Å². The van der Waals surface area contributed by atoms with E-state index in [4.69, 9.17) is 11.6 Å². The lowest BCUT2D eigenvalue weighted by molar-refractivity contribution is 0.102. The number of carbonyl (C=O) groups is 1. The first-order valence-electron chi connectivity index (χ1n) is 5.50. The summed E-state index contributed by atoms with van der Waals surface area (Å²) in [5, 5.41) is 2.77. The molecule has 19 heavy (non-hydrogen) atoms. The van der Waals surface area contributed by atoms with Crippen LogP contribution in [-0.4, -0.2) is 5.91 Å². The molecule has 2 rings (SSSR count). The lowest BCUT2D eigenvalue weighted by atomic mass is 10.1. The molecule has 0 saturated carbocycles. The SMILES string of the molecule is Cc1cc(I)ccc1NC(=O)c1c(F)cccc1Cl. The van der Waals surface area contributed by atoms with Crippen LogP contribution in [0.15, 0.2) is 36.4 Å². The number of nitrogens with one attached hydrogen (secondary N) is 1. The van der Waals surface area contributed by atoms with Gasteiger partial charge in [-0.05, 0) is 65.4 Å². The molecule has 98 valence electrons. The fourth-order valence-corrected chi connectivity index (χ4v) is 2.56. The minimum absolute atomic E-state index is 0.0978. The molecule has 1 amide bonds. The van der Waals surface area contributed by atoms with Crippen molar-refractivity contribution < 1.29 is 9.18 Å². The van der Waals surface area contributed by atoms with Crippen LogP contribution >= 0.6 is 34.2 Å². The quantitative estimate of drug-likeness (QED) is 0.745. The van der Waals surface area contributed by atoms with Gasteiger partial charge in [0.05, 0.1) is 10.6 Å². The van der Waals surface area contributed by atoms with Crippen molar-refractivity contribution in [1.82, 2.24) is 0 Å². The molecule has 0 radical (unpaired) electrons. The van der Waals surface area contributed by atoms with E-state index in [-0.39, 0.29) is 10.6 Å². The molecule has 0 unspecified atom stereocenters. The second kappa shape index (κ2) is 5.88. The monoisotopic (exact) mass is 389 g/mol. The maximum absolute atomic E-state index is 13.6. The van der Waals surface area contributed by atoms with E-state index in [1.807, 2.05) is 19.1 Å². The predicted molar refractivity (Wildman–Crippen MR) is 83.3 cm³/mol. The molecule has 0 aromatic heterocycles. The molecule has 2 nitrogen and oxygen atoms in total. The van der Waals surface area contributed by atoms with E-state index in [2.05, 4.69) is 27.9 Å². The summed E-state index contributed by atoms with van der Waals surface area (Å²) in [7, 11) is 0. The Labute approximate surface area is 129 Å². The van der Waals surface area contributed by atoms with Crippen molar-refractivity contribution in [3.05, 3.63) is 61.9 Å². The summed E-state index contributed by atoms with van der Waals surface area (Å²) in [5.41, 5.74) is 1.42. The Balaban J connectivity index is 2.31. The zero-order valence-electron chi connectivity index (χ0n) is 10.0. The standard InChI is InChI=1S/C14H10ClFINO/c1-8-7-9(17)5-6-12(8)18-14(19)13-10(15)3-2-4-11(13)16/h2-7H,1H3,(H,18,19). The maximum Gasteiger partial charge on any atom is 0.260 e. The van der Waals surface area contributed by atoms with Gasteiger partial charge in [-0.3, -0.25) is 4.79 Å². The van der Waals surface area contributed by atoms with Crippen LogP contribution in [-0.2, 0) is 0 Å². The molecule has 2 aromatic rings. The van der Waals surface area contributed by atoms with Crippen LogP contribution in [0.4, 0.5) is 10.1 Å². The first-order valence-corrected chi connectivity index (χ1v) is 6.96. The third kappa shape index (κ3) is 3.25. The summed E-state index contributed by atoms with van der Waals surface area (Å²) in [4.78, 5) is 12.1. The minimum atomic E-state index is -0.631. The molecule has 0 fully saturated rings. The van der Waals surface area contributed by atoms with E-state index in [0.717, 1.165) is 9.13 Å². The highest BCUT2D eigenvalue weighted by Gasteiger charge is 2.16. The summed E-state index contributed by atoms with van der Waals surface area (Å²) >= 11 is 8.04. The molecular weight excluding hydrogens is 380 g/mol. The molecule has 0 heterocycles. The van der Waals surface area contributed by atoms with Crippen LogP contribution in [0.25, 0.3) is 0 Å². The second-order valence-electron chi connectivity index (χ2n) is 4.01. The Kier molecular flexibility index (Phi) is 4.42. The summed E-state index contributed by atoms with van der Waals surface area (Å²) in [6.07, 6.45) is 0. The third-order valence-corrected chi connectivity index (χ3v) is 3.61. The summed E-state index contributed by atoms with van der Waals surface area (Å²) in [6, 6.07) is 9.74. The fraction of sp³-hybridized carbons (Fsp3) is 0.0714. The van der Waals surface area contributed by atoms with Gasteiger partial charge in [0.1, 0.15) is 5.82 Å². The molecule has 0 saturated heterocycles. The van der Waals surface area contributed by atoms with Crippen LogP contribution < -0.4 is 5.32 Å². The van der Waals surface area contributed by atoms with Gasteiger partial charge >= 0.3 is 0 Å². The summed E-state index contributed by atoms with van der Waals surface area (Å²) < 4.78 is 14.7. The third-order valence-electron chi connectivity index (χ3n) is 2.63. The molecule has 1 N–H and O–H groups in total. The van der Waals surface area contributed by atoms with Gasteiger partial charge in [0.25, 0.3) is 5.91 Å². The van der Waals surface area contributed by atoms with Gasteiger partial charge in [0.2, 0.25) is 0 Å². The normalized spacial score (nSPS) is 10.3. The number of amides is 1. The molecule has 2 aromatic carbocycles. The molecule has 0 spiro atoms. The van der Waals surface area contributed by atoms with E-state index in [0.29, 0.717) is 5.69 Å². The molecule has 5 heteroatoms. The van der Waals surface area contributed by atoms with Gasteiger partial charge in [-0.2, -0.15) is 0 Å². The molecule has 0 bridgehead atoms. The van der Waals surface area contributed by atoms with Crippen molar-refractivity contribution in [3.8, 4) is 0 Å². The number of carbonyl (C=O) groups excluding carboxylic acids is 1. The number of halogens is 3. The Hall–Kier alpha value is -1.14. The summed E-state index contributed by atoms with van der Waals surface area (Å²) in [6.45, 7) is 1.88. The Bertz CT molecular complexity index is 625. The zero-order chi connectivity index (χ0) is 14.0. The van der Waals surface area contributed by atoms with Crippen LogP contribution in [0, 0.1) is 16.3 Å². The maximum atomic E-state index is 13.6. The van der Waals surface area contributed by atoms with Gasteiger partial charge in [-0.25, -0.2) is 4.39 Å². The number of anilines is 1. The Morgan fingerprint density at radius 3 is 2.68 bits per heavy atom. The average Bonchev–Trinajstić information content (AvgIpc) is 2.32. The van der Waals surface area contributed by atoms with Crippen molar-refractivity contribution in [2.45, 2.75) is 6.92 Å². The molecule has 0 aliphatic rings. The van der Waals surface area contributed by atoms with E-state index < -0.39 is 11.7 Å². The van der Waals surface area contributed by atoms with E-state index in [1.165, 1.54) is 18.2 Å². The topological polar surface area (TPSA) is 29.1 Å². The lowest BCUT2D eigenvalue weighted by Gasteiger charge is -2.10. The van der Waals surface area contributed by atoms with Crippen molar-refractivity contribution in [2.75, 3.05) is 5.32 Å². The van der Waals surface area contributed by atoms with Crippen molar-refractivity contribution >= 4 is 45.8 Å². The van der Waals surface area contributed by atoms with Crippen molar-refractivity contribution in [3.63, 3.8) is 0 Å². The van der Waals surface area contributed by atoms with Crippen molar-refractivity contribution in [2.24, 2.45) is 0 Å². The molecular formula is C14H10ClFINO. The summed E-state index contributed by atoms with van der Waals surface area (Å²) in [5.74, 6) is -1.18. The van der Waals surface area contributed by atoms with Gasteiger partial charge < -0.3 is 5.32 Å². The first-order chi connectivity index (χ1) is 8.99. The molecule has 0 aliphatic heterocycles. The number of rotatable bonds is 2. The van der Waals surface area contributed by atoms with Crippen LogP contribution in [0.3, 0.4) is 0 Å². The van der Waals surface area contributed by atoms with Gasteiger partial charge in [-0.1, -0.05) is 17.7 Å². The smallest absolute Gasteiger partial charge is 0.260 e. The average molecular weight is 390 g/mol. The van der Waals surface area contributed by atoms with Crippen LogP contribution in [0.5, 0.6) is 0 Å². The molecule has 0 aliphatic carbocycles. The highest BCUT2D eigenvalue weighted by molar-refractivity contribution is 14.1. The van der Waals surface area contributed by atoms with Gasteiger partial charge in [0, 0.05) is 9.26 Å². The van der Waals surface area contributed by atoms with Crippen LogP contribution in [0.2, 0.25) is 5.02 Å². The van der Waals surface area contributed by atoms with E-state index >= 15 is 0 Å². The largest absolute Gasteiger partial charge is 0.322 e. The number of hydrogen-bond donors (Lipinski definition) is 1. The number of aryl methyl sites for hydroxylation is 1. The number of benzene rings is 2. The lowest BCUT2D eigenvalue weighted by Crippen LogP contribution is -2.15. The zero-order valence-corrected chi connectivity index (χ0v) is 12.9. The van der Waals surface area contributed by atoms with Gasteiger partial charge in [0.15, 0.2) is 0 Å². The van der Waals surface area contributed by atoms with Crippen molar-refractivity contribution in [1.29, 1.82) is 0 Å². The van der Waals surface area contributed by atoms with Crippen LogP contribution in [0.1, 0.15) is 15.9 Å². The first kappa shape index (κ1) is 14.3. The number of hydrogen-bond acceptors (Lipinski definition) is 1. The fourth-order valence-electron chi connectivity index (χ4n) is 1.67. The van der Waals surface area contributed by atoms with Gasteiger partial charge in [-0.15, -0.1) is 0 Å². The second-order valence-corrected chi connectivity index (χ2v) is 5.66. The Morgan fingerprint density at radius 1 is 1.32 bits per heavy atom. The Morgan fingerprint density at radius 2 is 2.05 bits per heavy atom. The minimum Gasteiger partial charge on any atom is -0.322 e. The predicted octanol–water partition coefficient (Wildman–Crippen LogP) is 4.64. The molecule has 0 atom stereocenters. The van der Waals surface area contributed by atoms with E-state index in [9.17, 15) is 9.18 Å². The highest BCUT2D eigenvalue weighted by atomic mass is 127. The highest BCUT2D eigenvalue weighted by Crippen LogP contribution is 2.22.